The van der Waals surface area contributed by atoms with Crippen molar-refractivity contribution >= 4 is 5.91 Å². The van der Waals surface area contributed by atoms with E-state index in [4.69, 9.17) is 0 Å². The van der Waals surface area contributed by atoms with E-state index >= 15 is 0 Å². The molecule has 0 saturated carbocycles. The smallest absolute Gasteiger partial charge is 0.234 e. The number of hydrogen-bond acceptors (Lipinski definition) is 5. The maximum absolute atomic E-state index is 11.5. The molecule has 0 aliphatic carbocycles. The summed E-state index contributed by atoms with van der Waals surface area (Å²) in [4.78, 5) is 15.4. The molecule has 1 heterocycles. The van der Waals surface area contributed by atoms with E-state index in [2.05, 4.69) is 32.2 Å². The summed E-state index contributed by atoms with van der Waals surface area (Å²) in [5.74, 6) is 0.677. The van der Waals surface area contributed by atoms with E-state index in [0.717, 1.165) is 12.8 Å². The van der Waals surface area contributed by atoms with Gasteiger partial charge >= 0.3 is 0 Å². The molecule has 0 radical (unpaired) electrons. The number of nitrogens with zero attached hydrogens (tertiary/aromatic N) is 2. The lowest BCUT2D eigenvalue weighted by molar-refractivity contribution is -0.120. The summed E-state index contributed by atoms with van der Waals surface area (Å²) in [6.07, 6.45) is 4.05. The van der Waals surface area contributed by atoms with Crippen LogP contribution in [0, 0.1) is 0 Å². The van der Waals surface area contributed by atoms with Gasteiger partial charge < -0.3 is 15.2 Å². The first kappa shape index (κ1) is 13.6. The number of hydrogen-bond donors (Lipinski definition) is 2. The average Bonchev–Trinajstić information content (AvgIpc) is 2.77. The van der Waals surface area contributed by atoms with Crippen LogP contribution in [0.3, 0.4) is 0 Å². The molecule has 1 unspecified atom stereocenters. The van der Waals surface area contributed by atoms with Crippen LogP contribution in [-0.2, 0) is 11.2 Å². The Morgan fingerprint density at radius 1 is 1.59 bits per heavy atom. The topological polar surface area (TPSA) is 80.0 Å². The van der Waals surface area contributed by atoms with E-state index in [9.17, 15) is 4.79 Å². The summed E-state index contributed by atoms with van der Waals surface area (Å²) in [6.45, 7) is 5.10. The molecule has 0 fully saturated rings. The van der Waals surface area contributed by atoms with Gasteiger partial charge in [0.15, 0.2) is 5.82 Å². The first-order valence-electron chi connectivity index (χ1n) is 5.97. The molecule has 1 rings (SSSR count). The highest BCUT2D eigenvalue weighted by Crippen LogP contribution is 1.93. The predicted octanol–water partition coefficient (Wildman–Crippen LogP) is 0.506. The van der Waals surface area contributed by atoms with Gasteiger partial charge in [-0.1, -0.05) is 18.5 Å². The Morgan fingerprint density at radius 3 is 3.06 bits per heavy atom. The molecule has 17 heavy (non-hydrogen) atoms. The molecule has 0 saturated heterocycles. The van der Waals surface area contributed by atoms with Crippen LogP contribution in [0.1, 0.15) is 32.5 Å². The number of aromatic nitrogens is 2. The summed E-state index contributed by atoms with van der Waals surface area (Å²) in [6, 6.07) is 0.242. The molecule has 0 aliphatic rings. The number of carbonyl (C=O) groups excluding carboxylic acids is 1. The Bertz CT molecular complexity index is 313. The number of rotatable bonds is 8. The first-order chi connectivity index (χ1) is 8.22. The number of nitrogens with one attached hydrogen (secondary N) is 2. The second-order valence-corrected chi connectivity index (χ2v) is 4.03. The highest BCUT2D eigenvalue weighted by Gasteiger charge is 2.05. The van der Waals surface area contributed by atoms with Gasteiger partial charge in [0, 0.05) is 19.0 Å². The van der Waals surface area contributed by atoms with Crippen LogP contribution in [0.15, 0.2) is 10.9 Å². The van der Waals surface area contributed by atoms with Gasteiger partial charge in [0.25, 0.3) is 0 Å². The van der Waals surface area contributed by atoms with Gasteiger partial charge in [-0.3, -0.25) is 4.79 Å². The molecule has 0 aliphatic heterocycles. The normalized spacial score (nSPS) is 12.4. The van der Waals surface area contributed by atoms with E-state index in [0.29, 0.717) is 25.3 Å². The largest absolute Gasteiger partial charge is 0.353 e. The van der Waals surface area contributed by atoms with Gasteiger partial charge in [0.1, 0.15) is 0 Å². The van der Waals surface area contributed by atoms with Gasteiger partial charge in [-0.25, -0.2) is 0 Å². The molecule has 0 spiro atoms. The van der Waals surface area contributed by atoms with Crippen LogP contribution < -0.4 is 10.6 Å². The molecule has 1 aromatic rings. The quantitative estimate of drug-likeness (QED) is 0.647. The molecule has 1 amide bonds. The SMILES string of the molecule is CCCC(C)NC(=O)CNCCc1ncon1. The molecule has 0 aromatic carbocycles. The minimum absolute atomic E-state index is 0.0269. The fourth-order valence-corrected chi connectivity index (χ4v) is 1.54. The van der Waals surface area contributed by atoms with Crippen molar-refractivity contribution in [2.24, 2.45) is 0 Å². The Labute approximate surface area is 101 Å². The molecule has 96 valence electrons. The van der Waals surface area contributed by atoms with Gasteiger partial charge in [0.05, 0.1) is 6.54 Å². The van der Waals surface area contributed by atoms with Crippen LogP contribution in [-0.4, -0.2) is 35.2 Å². The zero-order valence-corrected chi connectivity index (χ0v) is 10.4. The lowest BCUT2D eigenvalue weighted by Gasteiger charge is -2.12. The zero-order valence-electron chi connectivity index (χ0n) is 10.4. The van der Waals surface area contributed by atoms with E-state index in [1.165, 1.54) is 6.39 Å². The molecular formula is C11H20N4O2. The van der Waals surface area contributed by atoms with Crippen molar-refractivity contribution in [3.8, 4) is 0 Å². The van der Waals surface area contributed by atoms with Crippen molar-refractivity contribution in [1.29, 1.82) is 0 Å². The molecule has 1 aromatic heterocycles. The van der Waals surface area contributed by atoms with Crippen LogP contribution in [0.25, 0.3) is 0 Å². The lowest BCUT2D eigenvalue weighted by Crippen LogP contribution is -2.39. The van der Waals surface area contributed by atoms with Gasteiger partial charge in [-0.05, 0) is 13.3 Å². The van der Waals surface area contributed by atoms with E-state index in [1.807, 2.05) is 6.92 Å². The van der Waals surface area contributed by atoms with Gasteiger partial charge in [-0.2, -0.15) is 4.98 Å². The molecule has 1 atom stereocenters. The second kappa shape index (κ2) is 7.78. The first-order valence-corrected chi connectivity index (χ1v) is 5.97. The lowest BCUT2D eigenvalue weighted by atomic mass is 10.2. The summed E-state index contributed by atoms with van der Waals surface area (Å²) in [5, 5.41) is 9.64. The average molecular weight is 240 g/mol. The van der Waals surface area contributed by atoms with Gasteiger partial charge in [-0.15, -0.1) is 0 Å². The Hall–Kier alpha value is -1.43. The minimum Gasteiger partial charge on any atom is -0.353 e. The summed E-state index contributed by atoms with van der Waals surface area (Å²) < 4.78 is 4.60. The standard InChI is InChI=1S/C11H20N4O2/c1-3-4-9(2)14-11(16)7-12-6-5-10-13-8-17-15-10/h8-9,12H,3-7H2,1-2H3,(H,14,16). The minimum atomic E-state index is 0.0269. The monoisotopic (exact) mass is 240 g/mol. The Balaban J connectivity index is 2.04. The maximum Gasteiger partial charge on any atom is 0.234 e. The zero-order chi connectivity index (χ0) is 12.5. The summed E-state index contributed by atoms with van der Waals surface area (Å²) in [5.41, 5.74) is 0. The van der Waals surface area contributed by atoms with E-state index < -0.39 is 0 Å². The summed E-state index contributed by atoms with van der Waals surface area (Å²) >= 11 is 0. The third-order valence-electron chi connectivity index (χ3n) is 2.35. The second-order valence-electron chi connectivity index (χ2n) is 4.03. The van der Waals surface area contributed by atoms with Crippen molar-refractivity contribution in [3.63, 3.8) is 0 Å². The highest BCUT2D eigenvalue weighted by molar-refractivity contribution is 5.78. The van der Waals surface area contributed by atoms with Crippen LogP contribution in [0.4, 0.5) is 0 Å². The fraction of sp³-hybridized carbons (Fsp3) is 0.727. The molecular weight excluding hydrogens is 220 g/mol. The van der Waals surface area contributed by atoms with Gasteiger partial charge in [0.2, 0.25) is 12.3 Å². The van der Waals surface area contributed by atoms with Crippen molar-refractivity contribution in [1.82, 2.24) is 20.8 Å². The van der Waals surface area contributed by atoms with E-state index in [1.54, 1.807) is 0 Å². The fourth-order valence-electron chi connectivity index (χ4n) is 1.54. The molecule has 2 N–H and O–H groups in total. The number of amides is 1. The van der Waals surface area contributed by atoms with Crippen LogP contribution >= 0.6 is 0 Å². The van der Waals surface area contributed by atoms with Crippen molar-refractivity contribution < 1.29 is 9.32 Å². The predicted molar refractivity (Wildman–Crippen MR) is 63.4 cm³/mol. The third kappa shape index (κ3) is 6.01. The number of carbonyl (C=O) groups is 1. The molecule has 6 heteroatoms. The molecule has 6 nitrogen and oxygen atoms in total. The van der Waals surface area contributed by atoms with E-state index in [-0.39, 0.29) is 11.9 Å². The Kier molecular flexibility index (Phi) is 6.24. The van der Waals surface area contributed by atoms with Crippen molar-refractivity contribution in [3.05, 3.63) is 12.2 Å². The Morgan fingerprint density at radius 2 is 2.41 bits per heavy atom. The third-order valence-corrected chi connectivity index (χ3v) is 2.35. The maximum atomic E-state index is 11.5. The van der Waals surface area contributed by atoms with Crippen LogP contribution in [0.5, 0.6) is 0 Å². The van der Waals surface area contributed by atoms with Crippen LogP contribution in [0.2, 0.25) is 0 Å². The highest BCUT2D eigenvalue weighted by atomic mass is 16.5. The summed E-state index contributed by atoms with van der Waals surface area (Å²) in [7, 11) is 0. The van der Waals surface area contributed by atoms with Crippen molar-refractivity contribution in [2.75, 3.05) is 13.1 Å². The van der Waals surface area contributed by atoms with Crippen molar-refractivity contribution in [2.45, 2.75) is 39.2 Å². The molecule has 0 bridgehead atoms.